The van der Waals surface area contributed by atoms with Crippen molar-refractivity contribution in [1.82, 2.24) is 15.5 Å². The molecule has 1 aliphatic carbocycles. The number of carboxylic acids is 1. The molecular weight excluding hydrogens is 262 g/mol. The minimum atomic E-state index is -1.15. The maximum atomic E-state index is 12.0. The average Bonchev–Trinajstić information content (AvgIpc) is 2.85. The van der Waals surface area contributed by atoms with Gasteiger partial charge in [0, 0.05) is 13.1 Å². The molecular formula is C13H21N3O4. The minimum Gasteiger partial charge on any atom is -0.480 e. The van der Waals surface area contributed by atoms with Gasteiger partial charge in [-0.1, -0.05) is 0 Å². The monoisotopic (exact) mass is 283 g/mol. The van der Waals surface area contributed by atoms with E-state index < -0.39 is 23.6 Å². The zero-order valence-corrected chi connectivity index (χ0v) is 11.6. The Morgan fingerprint density at radius 1 is 1.15 bits per heavy atom. The maximum Gasteiger partial charge on any atom is 0.329 e. The minimum absolute atomic E-state index is 0.115. The number of likely N-dealkylation sites (tertiary alicyclic amines) is 1. The van der Waals surface area contributed by atoms with Crippen LogP contribution in [0.3, 0.4) is 0 Å². The van der Waals surface area contributed by atoms with Crippen molar-refractivity contribution in [2.45, 2.75) is 50.6 Å². The molecule has 1 heterocycles. The summed E-state index contributed by atoms with van der Waals surface area (Å²) in [5.74, 6) is -1.13. The average molecular weight is 283 g/mol. The van der Waals surface area contributed by atoms with Gasteiger partial charge in [0.25, 0.3) is 0 Å². The van der Waals surface area contributed by atoms with E-state index in [4.69, 9.17) is 5.11 Å². The molecule has 1 saturated carbocycles. The van der Waals surface area contributed by atoms with E-state index in [1.54, 1.807) is 11.8 Å². The third-order valence-electron chi connectivity index (χ3n) is 4.11. The van der Waals surface area contributed by atoms with Crippen LogP contribution in [0.5, 0.6) is 0 Å². The van der Waals surface area contributed by atoms with E-state index in [0.717, 1.165) is 32.4 Å². The molecule has 2 fully saturated rings. The van der Waals surface area contributed by atoms with Crippen molar-refractivity contribution in [3.63, 3.8) is 0 Å². The summed E-state index contributed by atoms with van der Waals surface area (Å²) >= 11 is 0. The Hall–Kier alpha value is -1.79. The number of carbonyl (C=O) groups excluding carboxylic acids is 2. The molecule has 0 aromatic carbocycles. The first-order chi connectivity index (χ1) is 9.44. The zero-order valence-electron chi connectivity index (χ0n) is 11.6. The van der Waals surface area contributed by atoms with Crippen molar-refractivity contribution in [2.75, 3.05) is 13.1 Å². The molecule has 2 rings (SSSR count). The van der Waals surface area contributed by atoms with Crippen LogP contribution in [-0.2, 0) is 9.59 Å². The van der Waals surface area contributed by atoms with Crippen molar-refractivity contribution in [3.05, 3.63) is 0 Å². The summed E-state index contributed by atoms with van der Waals surface area (Å²) in [6.07, 6.45) is 3.64. The number of carboxylic acid groups (broad SMARTS) is 1. The Kier molecular flexibility index (Phi) is 4.15. The van der Waals surface area contributed by atoms with Gasteiger partial charge in [-0.2, -0.15) is 0 Å². The van der Waals surface area contributed by atoms with Gasteiger partial charge in [0.05, 0.1) is 0 Å². The Morgan fingerprint density at radius 3 is 2.20 bits per heavy atom. The summed E-state index contributed by atoms with van der Waals surface area (Å²) in [5, 5.41) is 14.1. The van der Waals surface area contributed by atoms with Crippen molar-refractivity contribution < 1.29 is 19.5 Å². The zero-order chi connectivity index (χ0) is 14.8. The summed E-state index contributed by atoms with van der Waals surface area (Å²) in [7, 11) is 0. The first-order valence-electron chi connectivity index (χ1n) is 7.05. The van der Waals surface area contributed by atoms with Gasteiger partial charge in [-0.05, 0) is 39.0 Å². The van der Waals surface area contributed by atoms with Gasteiger partial charge in [0.2, 0.25) is 5.91 Å². The van der Waals surface area contributed by atoms with Crippen molar-refractivity contribution >= 4 is 17.9 Å². The largest absolute Gasteiger partial charge is 0.480 e. The summed E-state index contributed by atoms with van der Waals surface area (Å²) < 4.78 is 0. The number of amides is 3. The molecule has 1 aliphatic heterocycles. The Bertz CT molecular complexity index is 414. The first-order valence-corrected chi connectivity index (χ1v) is 7.05. The first kappa shape index (κ1) is 14.6. The summed E-state index contributed by atoms with van der Waals surface area (Å²) in [5.41, 5.74) is -1.15. The highest BCUT2D eigenvalue weighted by Gasteiger charge is 2.46. The topological polar surface area (TPSA) is 98.7 Å². The fourth-order valence-electron chi connectivity index (χ4n) is 2.65. The van der Waals surface area contributed by atoms with Crippen LogP contribution >= 0.6 is 0 Å². The molecule has 1 atom stereocenters. The van der Waals surface area contributed by atoms with Crippen LogP contribution in [0.2, 0.25) is 0 Å². The number of urea groups is 1. The Morgan fingerprint density at radius 2 is 1.75 bits per heavy atom. The van der Waals surface area contributed by atoms with Gasteiger partial charge in [-0.15, -0.1) is 0 Å². The second-order valence-corrected chi connectivity index (χ2v) is 5.59. The summed E-state index contributed by atoms with van der Waals surface area (Å²) in [6, 6.07) is -1.23. The molecule has 20 heavy (non-hydrogen) atoms. The second-order valence-electron chi connectivity index (χ2n) is 5.59. The van der Waals surface area contributed by atoms with E-state index in [1.165, 1.54) is 0 Å². The van der Waals surface area contributed by atoms with Crippen LogP contribution in [0.25, 0.3) is 0 Å². The lowest BCUT2D eigenvalue weighted by Gasteiger charge is -2.38. The third kappa shape index (κ3) is 2.86. The number of nitrogens with zero attached hydrogens (tertiary/aromatic N) is 1. The predicted octanol–water partition coefficient (Wildman–Crippen LogP) is 0.304. The maximum absolute atomic E-state index is 12.0. The predicted molar refractivity (Wildman–Crippen MR) is 71.2 cm³/mol. The van der Waals surface area contributed by atoms with Crippen LogP contribution < -0.4 is 10.6 Å². The van der Waals surface area contributed by atoms with E-state index in [-0.39, 0.29) is 5.91 Å². The highest BCUT2D eigenvalue weighted by molar-refractivity contribution is 5.90. The van der Waals surface area contributed by atoms with Gasteiger partial charge >= 0.3 is 12.0 Å². The van der Waals surface area contributed by atoms with Crippen LogP contribution in [0.4, 0.5) is 4.79 Å². The van der Waals surface area contributed by atoms with Crippen LogP contribution in [-0.4, -0.2) is 52.6 Å². The molecule has 0 radical (unpaired) electrons. The fraction of sp³-hybridized carbons (Fsp3) is 0.769. The molecule has 3 N–H and O–H groups in total. The molecule has 7 nitrogen and oxygen atoms in total. The quantitative estimate of drug-likeness (QED) is 0.691. The van der Waals surface area contributed by atoms with Gasteiger partial charge in [0.1, 0.15) is 11.6 Å². The van der Waals surface area contributed by atoms with E-state index in [0.29, 0.717) is 12.8 Å². The summed E-state index contributed by atoms with van der Waals surface area (Å²) in [4.78, 5) is 36.7. The molecule has 0 aromatic heterocycles. The fourth-order valence-corrected chi connectivity index (χ4v) is 2.65. The molecule has 0 bridgehead atoms. The lowest BCUT2D eigenvalue weighted by Crippen LogP contribution is -2.62. The number of hydrogen-bond acceptors (Lipinski definition) is 3. The molecule has 3 amide bonds. The molecule has 2 aliphatic rings. The number of aliphatic carboxylic acids is 1. The van der Waals surface area contributed by atoms with E-state index in [9.17, 15) is 14.4 Å². The Balaban J connectivity index is 1.84. The number of nitrogens with one attached hydrogen (secondary N) is 2. The molecule has 1 unspecified atom stereocenters. The van der Waals surface area contributed by atoms with Gasteiger partial charge in [-0.25, -0.2) is 9.59 Å². The smallest absolute Gasteiger partial charge is 0.329 e. The normalized spacial score (nSPS) is 21.8. The van der Waals surface area contributed by atoms with Gasteiger partial charge < -0.3 is 20.6 Å². The van der Waals surface area contributed by atoms with Crippen LogP contribution in [0.1, 0.15) is 39.0 Å². The van der Waals surface area contributed by atoms with Crippen molar-refractivity contribution in [2.24, 2.45) is 0 Å². The van der Waals surface area contributed by atoms with Crippen LogP contribution in [0.15, 0.2) is 0 Å². The molecule has 112 valence electrons. The number of hydrogen-bond donors (Lipinski definition) is 3. The van der Waals surface area contributed by atoms with Gasteiger partial charge in [-0.3, -0.25) is 4.79 Å². The van der Waals surface area contributed by atoms with Crippen molar-refractivity contribution in [3.8, 4) is 0 Å². The van der Waals surface area contributed by atoms with E-state index in [2.05, 4.69) is 10.6 Å². The standard InChI is InChI=1S/C13H21N3O4/c1-9(10(17)16-7-2-3-8-16)14-12(20)15-13(11(18)19)5-4-6-13/h9H,2-8H2,1H3,(H,18,19)(H2,14,15,20). The third-order valence-corrected chi connectivity index (χ3v) is 4.11. The lowest BCUT2D eigenvalue weighted by atomic mass is 9.77. The lowest BCUT2D eigenvalue weighted by molar-refractivity contribution is -0.148. The molecule has 1 saturated heterocycles. The van der Waals surface area contributed by atoms with Crippen molar-refractivity contribution in [1.29, 1.82) is 0 Å². The SMILES string of the molecule is CC(NC(=O)NC1(C(=O)O)CCC1)C(=O)N1CCCC1. The number of carbonyl (C=O) groups is 3. The van der Waals surface area contributed by atoms with E-state index in [1.807, 2.05) is 0 Å². The Labute approximate surface area is 117 Å². The number of rotatable bonds is 4. The molecule has 0 aromatic rings. The van der Waals surface area contributed by atoms with Crippen LogP contribution in [0, 0.1) is 0 Å². The molecule has 0 spiro atoms. The van der Waals surface area contributed by atoms with E-state index >= 15 is 0 Å². The highest BCUT2D eigenvalue weighted by atomic mass is 16.4. The highest BCUT2D eigenvalue weighted by Crippen LogP contribution is 2.31. The summed E-state index contributed by atoms with van der Waals surface area (Å²) in [6.45, 7) is 3.07. The van der Waals surface area contributed by atoms with Gasteiger partial charge in [0.15, 0.2) is 0 Å². The molecule has 7 heteroatoms. The second kappa shape index (κ2) is 5.68.